The van der Waals surface area contributed by atoms with Crippen LogP contribution in [0.15, 0.2) is 24.3 Å². The number of nitriles is 1. The van der Waals surface area contributed by atoms with Gasteiger partial charge in [-0.25, -0.2) is 0 Å². The first-order valence-electron chi connectivity index (χ1n) is 5.06. The second-order valence-corrected chi connectivity index (χ2v) is 4.08. The van der Waals surface area contributed by atoms with Crippen molar-refractivity contribution in [2.24, 2.45) is 11.8 Å². The van der Waals surface area contributed by atoms with Gasteiger partial charge in [-0.2, -0.15) is 5.26 Å². The normalized spacial score (nSPS) is 12.2. The lowest BCUT2D eigenvalue weighted by atomic mass is 9.89. The van der Waals surface area contributed by atoms with Gasteiger partial charge in [0, 0.05) is 5.56 Å². The highest BCUT2D eigenvalue weighted by atomic mass is 16.1. The SMILES string of the molecule is Cc1ccc(C(=O)C(C#N)C(C)C)cc1. The zero-order chi connectivity index (χ0) is 11.4. The van der Waals surface area contributed by atoms with Crippen LogP contribution >= 0.6 is 0 Å². The molecule has 1 aromatic carbocycles. The molecule has 1 aromatic rings. The summed E-state index contributed by atoms with van der Waals surface area (Å²) in [5.41, 5.74) is 1.74. The standard InChI is InChI=1S/C13H15NO/c1-9(2)12(8-14)13(15)11-6-4-10(3)5-7-11/h4-7,9,12H,1-3H3. The predicted octanol–water partition coefficient (Wildman–Crippen LogP) is 2.97. The van der Waals surface area contributed by atoms with Crippen molar-refractivity contribution in [2.75, 3.05) is 0 Å². The average molecular weight is 201 g/mol. The van der Waals surface area contributed by atoms with Crippen molar-refractivity contribution in [2.45, 2.75) is 20.8 Å². The summed E-state index contributed by atoms with van der Waals surface area (Å²) in [4.78, 5) is 11.9. The van der Waals surface area contributed by atoms with Gasteiger partial charge >= 0.3 is 0 Å². The maximum absolute atomic E-state index is 11.9. The van der Waals surface area contributed by atoms with Crippen LogP contribution in [0.4, 0.5) is 0 Å². The number of hydrogen-bond acceptors (Lipinski definition) is 2. The Morgan fingerprint density at radius 2 is 1.80 bits per heavy atom. The number of hydrogen-bond donors (Lipinski definition) is 0. The minimum Gasteiger partial charge on any atom is -0.293 e. The molecule has 2 heteroatoms. The van der Waals surface area contributed by atoms with E-state index in [9.17, 15) is 4.79 Å². The number of benzene rings is 1. The zero-order valence-corrected chi connectivity index (χ0v) is 9.32. The quantitative estimate of drug-likeness (QED) is 0.705. The molecule has 0 N–H and O–H groups in total. The Bertz CT molecular complexity index is 384. The summed E-state index contributed by atoms with van der Waals surface area (Å²) in [6.45, 7) is 5.75. The second-order valence-electron chi connectivity index (χ2n) is 4.08. The molecule has 0 saturated heterocycles. The summed E-state index contributed by atoms with van der Waals surface area (Å²) in [6, 6.07) is 9.41. The summed E-state index contributed by atoms with van der Waals surface area (Å²) < 4.78 is 0. The van der Waals surface area contributed by atoms with Crippen molar-refractivity contribution in [3.8, 4) is 6.07 Å². The highest BCUT2D eigenvalue weighted by molar-refractivity contribution is 5.99. The van der Waals surface area contributed by atoms with Crippen LogP contribution in [0.5, 0.6) is 0 Å². The molecule has 0 radical (unpaired) electrons. The lowest BCUT2D eigenvalue weighted by Crippen LogP contribution is -2.18. The molecule has 1 atom stereocenters. The van der Waals surface area contributed by atoms with Gasteiger partial charge in [0.25, 0.3) is 0 Å². The fourth-order valence-corrected chi connectivity index (χ4v) is 1.41. The van der Waals surface area contributed by atoms with E-state index in [2.05, 4.69) is 6.07 Å². The van der Waals surface area contributed by atoms with E-state index in [0.29, 0.717) is 5.56 Å². The summed E-state index contributed by atoms with van der Waals surface area (Å²) in [6.07, 6.45) is 0. The Morgan fingerprint density at radius 1 is 1.27 bits per heavy atom. The highest BCUT2D eigenvalue weighted by Crippen LogP contribution is 2.16. The highest BCUT2D eigenvalue weighted by Gasteiger charge is 2.22. The average Bonchev–Trinajstić information content (AvgIpc) is 2.19. The fraction of sp³-hybridized carbons (Fsp3) is 0.385. The molecule has 0 spiro atoms. The Kier molecular flexibility index (Phi) is 3.62. The summed E-state index contributed by atoms with van der Waals surface area (Å²) in [5.74, 6) is -0.552. The van der Waals surface area contributed by atoms with Gasteiger partial charge in [0.05, 0.1) is 6.07 Å². The molecule has 0 amide bonds. The number of carbonyl (C=O) groups is 1. The molecule has 1 rings (SSSR count). The third-order valence-electron chi connectivity index (χ3n) is 2.42. The molecule has 0 fully saturated rings. The first-order chi connectivity index (χ1) is 7.06. The molecule has 0 heterocycles. The Labute approximate surface area is 90.5 Å². The minimum atomic E-state index is -0.535. The number of nitrogens with zero attached hydrogens (tertiary/aromatic N) is 1. The van der Waals surface area contributed by atoms with Gasteiger partial charge in [0.2, 0.25) is 0 Å². The molecule has 78 valence electrons. The van der Waals surface area contributed by atoms with Crippen LogP contribution in [-0.2, 0) is 0 Å². The first kappa shape index (κ1) is 11.5. The molecule has 0 bridgehead atoms. The molecular formula is C13H15NO. The molecular weight excluding hydrogens is 186 g/mol. The van der Waals surface area contributed by atoms with Crippen molar-refractivity contribution in [3.63, 3.8) is 0 Å². The van der Waals surface area contributed by atoms with Crippen molar-refractivity contribution in [3.05, 3.63) is 35.4 Å². The van der Waals surface area contributed by atoms with E-state index in [1.165, 1.54) is 0 Å². The molecule has 2 nitrogen and oxygen atoms in total. The van der Waals surface area contributed by atoms with E-state index in [4.69, 9.17) is 5.26 Å². The molecule has 0 aliphatic carbocycles. The van der Waals surface area contributed by atoms with Crippen molar-refractivity contribution in [1.29, 1.82) is 5.26 Å². The molecule has 1 unspecified atom stereocenters. The second kappa shape index (κ2) is 4.75. The van der Waals surface area contributed by atoms with Crippen LogP contribution in [0.2, 0.25) is 0 Å². The zero-order valence-electron chi connectivity index (χ0n) is 9.32. The van der Waals surface area contributed by atoms with Crippen molar-refractivity contribution >= 4 is 5.78 Å². The van der Waals surface area contributed by atoms with Gasteiger partial charge in [-0.15, -0.1) is 0 Å². The van der Waals surface area contributed by atoms with E-state index in [-0.39, 0.29) is 11.7 Å². The van der Waals surface area contributed by atoms with Crippen molar-refractivity contribution in [1.82, 2.24) is 0 Å². The van der Waals surface area contributed by atoms with Crippen LogP contribution in [0.1, 0.15) is 29.8 Å². The maximum Gasteiger partial charge on any atom is 0.180 e. The van der Waals surface area contributed by atoms with Gasteiger partial charge in [0.1, 0.15) is 5.92 Å². The van der Waals surface area contributed by atoms with E-state index in [1.54, 1.807) is 12.1 Å². The molecule has 0 aliphatic rings. The Hall–Kier alpha value is -1.62. The smallest absolute Gasteiger partial charge is 0.180 e. The van der Waals surface area contributed by atoms with Crippen LogP contribution in [0, 0.1) is 30.1 Å². The third-order valence-corrected chi connectivity index (χ3v) is 2.42. The fourth-order valence-electron chi connectivity index (χ4n) is 1.41. The monoisotopic (exact) mass is 201 g/mol. The number of ketones is 1. The third kappa shape index (κ3) is 2.66. The van der Waals surface area contributed by atoms with Crippen LogP contribution in [0.25, 0.3) is 0 Å². The Morgan fingerprint density at radius 3 is 2.20 bits per heavy atom. The molecule has 0 aromatic heterocycles. The number of aryl methyl sites for hydroxylation is 1. The summed E-state index contributed by atoms with van der Waals surface area (Å²) in [5, 5.41) is 8.91. The van der Waals surface area contributed by atoms with Gasteiger partial charge in [-0.3, -0.25) is 4.79 Å². The summed E-state index contributed by atoms with van der Waals surface area (Å²) in [7, 11) is 0. The van der Waals surface area contributed by atoms with Crippen molar-refractivity contribution < 1.29 is 4.79 Å². The largest absolute Gasteiger partial charge is 0.293 e. The first-order valence-corrected chi connectivity index (χ1v) is 5.06. The maximum atomic E-state index is 11.9. The summed E-state index contributed by atoms with van der Waals surface area (Å²) >= 11 is 0. The topological polar surface area (TPSA) is 40.9 Å². The van der Waals surface area contributed by atoms with Crippen LogP contribution in [0.3, 0.4) is 0 Å². The predicted molar refractivity (Wildman–Crippen MR) is 59.5 cm³/mol. The van der Waals surface area contributed by atoms with E-state index in [0.717, 1.165) is 5.56 Å². The van der Waals surface area contributed by atoms with E-state index >= 15 is 0 Å². The Balaban J connectivity index is 2.94. The van der Waals surface area contributed by atoms with Gasteiger partial charge in [0.15, 0.2) is 5.78 Å². The molecule has 0 saturated carbocycles. The molecule has 0 aliphatic heterocycles. The number of rotatable bonds is 3. The van der Waals surface area contributed by atoms with Gasteiger partial charge in [-0.05, 0) is 12.8 Å². The number of carbonyl (C=O) groups excluding carboxylic acids is 1. The van der Waals surface area contributed by atoms with E-state index in [1.807, 2.05) is 32.9 Å². The van der Waals surface area contributed by atoms with Gasteiger partial charge < -0.3 is 0 Å². The number of Topliss-reactive ketones (excluding diaryl/α,β-unsaturated/α-hetero) is 1. The van der Waals surface area contributed by atoms with Crippen LogP contribution < -0.4 is 0 Å². The van der Waals surface area contributed by atoms with Crippen LogP contribution in [-0.4, -0.2) is 5.78 Å². The lowest BCUT2D eigenvalue weighted by Gasteiger charge is -2.11. The minimum absolute atomic E-state index is 0.0591. The molecule has 15 heavy (non-hydrogen) atoms. The van der Waals surface area contributed by atoms with Gasteiger partial charge in [-0.1, -0.05) is 43.7 Å². The lowest BCUT2D eigenvalue weighted by molar-refractivity contribution is 0.0924. The van der Waals surface area contributed by atoms with E-state index < -0.39 is 5.92 Å².